The van der Waals surface area contributed by atoms with E-state index < -0.39 is 0 Å². The maximum absolute atomic E-state index is 6.40. The lowest BCUT2D eigenvalue weighted by Gasteiger charge is -2.13. The fraction of sp³-hybridized carbons (Fsp3) is 0. The van der Waals surface area contributed by atoms with Crippen molar-refractivity contribution in [2.24, 2.45) is 0 Å². The molecule has 0 aliphatic rings. The highest BCUT2D eigenvalue weighted by Gasteiger charge is 2.19. The maximum Gasteiger partial charge on any atom is 0.246 e. The van der Waals surface area contributed by atoms with Gasteiger partial charge in [-0.25, -0.2) is 19.9 Å². The second kappa shape index (κ2) is 13.0. The molecule has 0 aliphatic carbocycles. The Hall–Kier alpha value is -7.77. The number of aromatic nitrogens is 5. The van der Waals surface area contributed by atoms with E-state index in [9.17, 15) is 0 Å². The van der Waals surface area contributed by atoms with Gasteiger partial charge in [0.2, 0.25) is 5.89 Å². The zero-order valence-electron chi connectivity index (χ0n) is 29.8. The fourth-order valence-corrected chi connectivity index (χ4v) is 7.53. The van der Waals surface area contributed by atoms with Gasteiger partial charge in [0, 0.05) is 33.7 Å². The number of oxazole rings is 1. The summed E-state index contributed by atoms with van der Waals surface area (Å²) in [5.74, 6) is 2.38. The van der Waals surface area contributed by atoms with Crippen molar-refractivity contribution in [3.63, 3.8) is 0 Å². The van der Waals surface area contributed by atoms with Crippen LogP contribution in [0, 0.1) is 0 Å². The summed E-state index contributed by atoms with van der Waals surface area (Å²) in [6, 6.07) is 57.7. The first-order valence-electron chi connectivity index (χ1n) is 18.4. The highest BCUT2D eigenvalue weighted by atomic mass is 16.4. The van der Waals surface area contributed by atoms with Crippen LogP contribution in [-0.4, -0.2) is 24.9 Å². The van der Waals surface area contributed by atoms with Gasteiger partial charge in [-0.15, -0.1) is 0 Å². The van der Waals surface area contributed by atoms with E-state index in [1.807, 2.05) is 91.0 Å². The van der Waals surface area contributed by atoms with Crippen LogP contribution < -0.4 is 0 Å². The molecule has 7 nitrogen and oxygen atoms in total. The summed E-state index contributed by atoms with van der Waals surface area (Å²) in [6.45, 7) is 0. The van der Waals surface area contributed by atoms with Crippen LogP contribution in [0.4, 0.5) is 0 Å². The molecule has 0 atom stereocenters. The smallest absolute Gasteiger partial charge is 0.246 e. The highest BCUT2D eigenvalue weighted by Crippen LogP contribution is 2.40. The molecule has 262 valence electrons. The van der Waals surface area contributed by atoms with Gasteiger partial charge in [-0.05, 0) is 69.4 Å². The monoisotopic (exact) mass is 719 g/mol. The minimum atomic E-state index is 0.468. The molecule has 56 heavy (non-hydrogen) atoms. The number of benzene rings is 7. The van der Waals surface area contributed by atoms with Crippen molar-refractivity contribution < 1.29 is 8.83 Å². The van der Waals surface area contributed by atoms with Crippen LogP contribution >= 0.6 is 0 Å². The number of fused-ring (bicyclic) bond motifs is 6. The number of rotatable bonds is 6. The van der Waals surface area contributed by atoms with E-state index in [1.165, 1.54) is 5.39 Å². The Bertz CT molecular complexity index is 3170. The summed E-state index contributed by atoms with van der Waals surface area (Å²) >= 11 is 0. The van der Waals surface area contributed by atoms with Gasteiger partial charge in [0.15, 0.2) is 28.6 Å². The molecular weight excluding hydrogens is 691 g/mol. The highest BCUT2D eigenvalue weighted by molar-refractivity contribution is 6.14. The normalized spacial score (nSPS) is 11.6. The van der Waals surface area contributed by atoms with Crippen LogP contribution in [-0.2, 0) is 0 Å². The maximum atomic E-state index is 6.40. The van der Waals surface area contributed by atoms with Crippen LogP contribution in [0.2, 0.25) is 0 Å². The molecule has 0 unspecified atom stereocenters. The van der Waals surface area contributed by atoms with Gasteiger partial charge >= 0.3 is 0 Å². The quantitative estimate of drug-likeness (QED) is 0.169. The van der Waals surface area contributed by atoms with Crippen LogP contribution in [0.1, 0.15) is 0 Å². The first kappa shape index (κ1) is 31.7. The van der Waals surface area contributed by atoms with Gasteiger partial charge in [-0.3, -0.25) is 4.98 Å². The average Bonchev–Trinajstić information content (AvgIpc) is 3.89. The third kappa shape index (κ3) is 5.41. The third-order valence-corrected chi connectivity index (χ3v) is 10.3. The molecule has 7 heteroatoms. The van der Waals surface area contributed by atoms with E-state index in [4.69, 9.17) is 23.8 Å². The van der Waals surface area contributed by atoms with E-state index in [-0.39, 0.29) is 0 Å². The van der Waals surface area contributed by atoms with Crippen molar-refractivity contribution in [1.82, 2.24) is 24.9 Å². The van der Waals surface area contributed by atoms with Gasteiger partial charge in [-0.2, -0.15) is 0 Å². The molecule has 0 fully saturated rings. The van der Waals surface area contributed by atoms with Crippen LogP contribution in [0.3, 0.4) is 0 Å². The number of hydrogen-bond donors (Lipinski definition) is 0. The minimum Gasteiger partial charge on any atom is -0.452 e. The molecule has 0 aliphatic heterocycles. The first-order valence-corrected chi connectivity index (χ1v) is 18.4. The molecule has 0 amide bonds. The summed E-state index contributed by atoms with van der Waals surface area (Å²) in [6.07, 6.45) is 1.73. The first-order chi connectivity index (χ1) is 27.7. The summed E-state index contributed by atoms with van der Waals surface area (Å²) in [7, 11) is 0. The van der Waals surface area contributed by atoms with E-state index in [1.54, 1.807) is 6.20 Å². The molecule has 0 saturated heterocycles. The van der Waals surface area contributed by atoms with Crippen molar-refractivity contribution in [2.75, 3.05) is 0 Å². The Balaban J connectivity index is 0.968. The van der Waals surface area contributed by atoms with Gasteiger partial charge in [-0.1, -0.05) is 133 Å². The predicted molar refractivity (Wildman–Crippen MR) is 223 cm³/mol. The summed E-state index contributed by atoms with van der Waals surface area (Å²) in [5, 5.41) is 4.32. The molecule has 7 aromatic carbocycles. The third-order valence-electron chi connectivity index (χ3n) is 10.3. The van der Waals surface area contributed by atoms with Gasteiger partial charge < -0.3 is 8.83 Å². The Morgan fingerprint density at radius 3 is 1.57 bits per heavy atom. The molecule has 11 rings (SSSR count). The van der Waals surface area contributed by atoms with Crippen molar-refractivity contribution in [2.45, 2.75) is 0 Å². The standard InChI is InChI=1S/C49H29N5O2/c1-3-11-31(12-4-1)46-52-47(32-13-5-2-6-14-32)54-48(53-46)33-20-18-30(19-21-33)35-23-24-36(38-16-8-7-15-37(35)38)34-22-27-43-40(29-34)39-25-26-41-45(44(39)55-43)56-49(51-41)42-17-9-10-28-50-42/h1-29H. The molecule has 0 bridgehead atoms. The van der Waals surface area contributed by atoms with Crippen LogP contribution in [0.15, 0.2) is 185 Å². The van der Waals surface area contributed by atoms with Crippen molar-refractivity contribution >= 4 is 43.8 Å². The summed E-state index contributed by atoms with van der Waals surface area (Å²) in [5.41, 5.74) is 10.8. The number of hydrogen-bond acceptors (Lipinski definition) is 7. The lowest BCUT2D eigenvalue weighted by molar-refractivity contribution is 0.601. The zero-order valence-corrected chi connectivity index (χ0v) is 29.8. The summed E-state index contributed by atoms with van der Waals surface area (Å²) in [4.78, 5) is 23.8. The van der Waals surface area contributed by atoms with Gasteiger partial charge in [0.1, 0.15) is 16.8 Å². The van der Waals surface area contributed by atoms with E-state index >= 15 is 0 Å². The Kier molecular flexibility index (Phi) is 7.35. The molecular formula is C49H29N5O2. The Morgan fingerprint density at radius 1 is 0.357 bits per heavy atom. The lowest BCUT2D eigenvalue weighted by atomic mass is 9.91. The minimum absolute atomic E-state index is 0.468. The van der Waals surface area contributed by atoms with Crippen molar-refractivity contribution in [3.05, 3.63) is 176 Å². The lowest BCUT2D eigenvalue weighted by Crippen LogP contribution is -2.00. The predicted octanol–water partition coefficient (Wildman–Crippen LogP) is 12.5. The number of nitrogens with zero attached hydrogens (tertiary/aromatic N) is 5. The number of furan rings is 1. The van der Waals surface area contributed by atoms with Crippen LogP contribution in [0.5, 0.6) is 0 Å². The molecule has 4 heterocycles. The SMILES string of the molecule is c1ccc(-c2nc(-c3ccccc3)nc(-c3ccc(-c4ccc(-c5ccc6oc7c(ccc8nc(-c9ccccn9)oc87)c6c5)c5ccccc45)cc3)n2)cc1. The molecule has 11 aromatic rings. The Morgan fingerprint density at radius 2 is 0.929 bits per heavy atom. The molecule has 4 aromatic heterocycles. The second-order valence-corrected chi connectivity index (χ2v) is 13.7. The largest absolute Gasteiger partial charge is 0.452 e. The van der Waals surface area contributed by atoms with E-state index in [0.29, 0.717) is 40.2 Å². The van der Waals surface area contributed by atoms with Crippen molar-refractivity contribution in [3.8, 4) is 68.0 Å². The van der Waals surface area contributed by atoms with Gasteiger partial charge in [0.05, 0.1) is 0 Å². The molecule has 0 spiro atoms. The zero-order chi connectivity index (χ0) is 37.0. The van der Waals surface area contributed by atoms with Crippen LogP contribution in [0.25, 0.3) is 112 Å². The second-order valence-electron chi connectivity index (χ2n) is 13.7. The van der Waals surface area contributed by atoms with Crippen molar-refractivity contribution in [1.29, 1.82) is 0 Å². The van der Waals surface area contributed by atoms with Gasteiger partial charge in [0.25, 0.3) is 0 Å². The Labute approximate surface area is 320 Å². The molecule has 0 N–H and O–H groups in total. The van der Waals surface area contributed by atoms with E-state index in [2.05, 4.69) is 88.8 Å². The molecule has 0 radical (unpaired) electrons. The van der Waals surface area contributed by atoms with E-state index in [0.717, 1.165) is 66.2 Å². The average molecular weight is 720 g/mol. The summed E-state index contributed by atoms with van der Waals surface area (Å²) < 4.78 is 12.6. The topological polar surface area (TPSA) is 90.7 Å². The fourth-order valence-electron chi connectivity index (χ4n) is 7.53. The number of pyridine rings is 1. The molecule has 0 saturated carbocycles.